The third-order valence-electron chi connectivity index (χ3n) is 2.51. The molecule has 0 saturated heterocycles. The van der Waals surface area contributed by atoms with E-state index in [9.17, 15) is 9.59 Å². The number of hydrogen-bond acceptors (Lipinski definition) is 4. The zero-order valence-electron chi connectivity index (χ0n) is 11.2. The van der Waals surface area contributed by atoms with E-state index in [0.29, 0.717) is 15.6 Å². The van der Waals surface area contributed by atoms with Crippen molar-refractivity contribution in [3.63, 3.8) is 0 Å². The molecule has 0 aliphatic heterocycles. The minimum absolute atomic E-state index is 0.129. The van der Waals surface area contributed by atoms with E-state index in [1.54, 1.807) is 24.3 Å². The normalized spacial score (nSPS) is 10.6. The number of rotatable bonds is 5. The first kappa shape index (κ1) is 16.1. The minimum Gasteiger partial charge on any atom is -0.459 e. The van der Waals surface area contributed by atoms with Gasteiger partial charge in [-0.15, -0.1) is 0 Å². The first-order valence-corrected chi connectivity index (χ1v) is 6.90. The van der Waals surface area contributed by atoms with Crippen molar-refractivity contribution in [2.24, 2.45) is 5.10 Å². The van der Waals surface area contributed by atoms with Crippen molar-refractivity contribution < 1.29 is 14.0 Å². The molecule has 0 fully saturated rings. The molecule has 2 amide bonds. The third-order valence-corrected chi connectivity index (χ3v) is 3.07. The highest BCUT2D eigenvalue weighted by Gasteiger charge is 2.09. The van der Waals surface area contributed by atoms with Gasteiger partial charge in [0.1, 0.15) is 0 Å². The molecule has 1 aromatic carbocycles. The van der Waals surface area contributed by atoms with E-state index in [0.717, 1.165) is 0 Å². The van der Waals surface area contributed by atoms with E-state index in [2.05, 4.69) is 15.8 Å². The first-order valence-electron chi connectivity index (χ1n) is 6.15. The van der Waals surface area contributed by atoms with Crippen LogP contribution in [0.25, 0.3) is 0 Å². The highest BCUT2D eigenvalue weighted by Crippen LogP contribution is 2.19. The number of halogens is 2. The van der Waals surface area contributed by atoms with Crippen molar-refractivity contribution in [2.45, 2.75) is 0 Å². The van der Waals surface area contributed by atoms with Gasteiger partial charge in [-0.25, -0.2) is 5.43 Å². The summed E-state index contributed by atoms with van der Waals surface area (Å²) >= 11 is 11.7. The number of hydrazone groups is 1. The standard InChI is InChI=1S/C14H11Cl2N3O3/c15-10-4-3-9(11(16)6-10)7-18-19-13(20)8-17-14(21)12-2-1-5-22-12/h1-7H,8H2,(H,17,21)(H,19,20)/b18-7+. The van der Waals surface area contributed by atoms with Crippen LogP contribution in [0.15, 0.2) is 46.1 Å². The Labute approximate surface area is 136 Å². The van der Waals surface area contributed by atoms with Crippen LogP contribution >= 0.6 is 23.2 Å². The molecule has 6 nitrogen and oxygen atoms in total. The van der Waals surface area contributed by atoms with Crippen molar-refractivity contribution in [2.75, 3.05) is 6.54 Å². The SMILES string of the molecule is O=C(CNC(=O)c1ccco1)N/N=C/c1ccc(Cl)cc1Cl. The number of carbonyl (C=O) groups is 2. The van der Waals surface area contributed by atoms with Crippen LogP contribution in [0.1, 0.15) is 16.1 Å². The van der Waals surface area contributed by atoms with Crippen molar-refractivity contribution in [3.8, 4) is 0 Å². The summed E-state index contributed by atoms with van der Waals surface area (Å²) in [5.41, 5.74) is 2.87. The van der Waals surface area contributed by atoms with Crippen LogP contribution in [0.4, 0.5) is 0 Å². The van der Waals surface area contributed by atoms with Gasteiger partial charge in [0.05, 0.1) is 24.0 Å². The first-order chi connectivity index (χ1) is 10.6. The smallest absolute Gasteiger partial charge is 0.287 e. The average Bonchev–Trinajstić information content (AvgIpc) is 3.01. The Morgan fingerprint density at radius 1 is 1.27 bits per heavy atom. The summed E-state index contributed by atoms with van der Waals surface area (Å²) in [7, 11) is 0. The molecule has 0 radical (unpaired) electrons. The largest absolute Gasteiger partial charge is 0.459 e. The second kappa shape index (κ2) is 7.63. The Morgan fingerprint density at radius 3 is 2.77 bits per heavy atom. The zero-order valence-corrected chi connectivity index (χ0v) is 12.7. The topological polar surface area (TPSA) is 83.7 Å². The van der Waals surface area contributed by atoms with E-state index in [1.165, 1.54) is 18.5 Å². The van der Waals surface area contributed by atoms with Crippen LogP contribution < -0.4 is 10.7 Å². The maximum absolute atomic E-state index is 11.5. The maximum Gasteiger partial charge on any atom is 0.287 e. The molecule has 2 aromatic rings. The summed E-state index contributed by atoms with van der Waals surface area (Å²) in [5.74, 6) is -0.838. The molecule has 114 valence electrons. The lowest BCUT2D eigenvalue weighted by Gasteiger charge is -2.02. The Morgan fingerprint density at radius 2 is 2.09 bits per heavy atom. The number of nitrogens with one attached hydrogen (secondary N) is 2. The Kier molecular flexibility index (Phi) is 5.57. The fourth-order valence-corrected chi connectivity index (χ4v) is 1.93. The summed E-state index contributed by atoms with van der Waals surface area (Å²) in [6, 6.07) is 7.96. The van der Waals surface area contributed by atoms with E-state index in [1.807, 2.05) is 0 Å². The molecule has 0 atom stereocenters. The molecular formula is C14H11Cl2N3O3. The molecule has 0 spiro atoms. The predicted molar refractivity (Wildman–Crippen MR) is 83.2 cm³/mol. The van der Waals surface area contributed by atoms with Crippen molar-refractivity contribution in [3.05, 3.63) is 58.0 Å². The molecule has 1 heterocycles. The number of benzene rings is 1. The van der Waals surface area contributed by atoms with E-state index >= 15 is 0 Å². The molecule has 0 aliphatic rings. The van der Waals surface area contributed by atoms with Gasteiger partial charge < -0.3 is 9.73 Å². The summed E-state index contributed by atoms with van der Waals surface area (Å²) in [5, 5.41) is 7.06. The van der Waals surface area contributed by atoms with E-state index < -0.39 is 11.8 Å². The van der Waals surface area contributed by atoms with Crippen molar-refractivity contribution in [1.29, 1.82) is 0 Å². The Bertz CT molecular complexity index is 699. The number of carbonyl (C=O) groups excluding carboxylic acids is 2. The highest BCUT2D eigenvalue weighted by molar-refractivity contribution is 6.36. The summed E-state index contributed by atoms with van der Waals surface area (Å²) in [6.07, 6.45) is 2.75. The minimum atomic E-state index is -0.485. The van der Waals surface area contributed by atoms with Crippen LogP contribution in [0.2, 0.25) is 10.0 Å². The van der Waals surface area contributed by atoms with Crippen LogP contribution in [-0.4, -0.2) is 24.6 Å². The molecule has 0 bridgehead atoms. The Hall–Kier alpha value is -2.31. The molecule has 22 heavy (non-hydrogen) atoms. The fraction of sp³-hybridized carbons (Fsp3) is 0.0714. The lowest BCUT2D eigenvalue weighted by Crippen LogP contribution is -2.34. The molecule has 0 aliphatic carbocycles. The van der Waals surface area contributed by atoms with Crippen LogP contribution in [0, 0.1) is 0 Å². The molecule has 8 heteroatoms. The zero-order chi connectivity index (χ0) is 15.9. The average molecular weight is 340 g/mol. The number of amides is 2. The molecule has 0 saturated carbocycles. The quantitative estimate of drug-likeness (QED) is 0.648. The Balaban J connectivity index is 1.80. The molecule has 2 N–H and O–H groups in total. The van der Waals surface area contributed by atoms with Gasteiger partial charge in [-0.3, -0.25) is 9.59 Å². The van der Waals surface area contributed by atoms with Gasteiger partial charge >= 0.3 is 0 Å². The molecule has 0 unspecified atom stereocenters. The van der Waals surface area contributed by atoms with Gasteiger partial charge in [-0.05, 0) is 24.3 Å². The highest BCUT2D eigenvalue weighted by atomic mass is 35.5. The maximum atomic E-state index is 11.5. The second-order valence-electron chi connectivity index (χ2n) is 4.12. The van der Waals surface area contributed by atoms with Crippen molar-refractivity contribution >= 4 is 41.2 Å². The van der Waals surface area contributed by atoms with Crippen LogP contribution in [0.5, 0.6) is 0 Å². The number of nitrogens with zero attached hydrogens (tertiary/aromatic N) is 1. The lowest BCUT2D eigenvalue weighted by atomic mass is 10.2. The third kappa shape index (κ3) is 4.61. The predicted octanol–water partition coefficient (Wildman–Crippen LogP) is 2.47. The summed E-state index contributed by atoms with van der Waals surface area (Å²) < 4.78 is 4.89. The lowest BCUT2D eigenvalue weighted by molar-refractivity contribution is -0.120. The summed E-state index contributed by atoms with van der Waals surface area (Å²) in [6.45, 7) is -0.231. The van der Waals surface area contributed by atoms with Crippen LogP contribution in [0.3, 0.4) is 0 Å². The van der Waals surface area contributed by atoms with Gasteiger partial charge in [0.2, 0.25) is 0 Å². The van der Waals surface area contributed by atoms with E-state index in [-0.39, 0.29) is 12.3 Å². The molecule has 2 rings (SSSR count). The van der Waals surface area contributed by atoms with Crippen molar-refractivity contribution in [1.82, 2.24) is 10.7 Å². The van der Waals surface area contributed by atoms with Gasteiger partial charge in [0, 0.05) is 10.6 Å². The fourth-order valence-electron chi connectivity index (χ4n) is 1.47. The molecular weight excluding hydrogens is 329 g/mol. The number of hydrogen-bond donors (Lipinski definition) is 2. The molecule has 1 aromatic heterocycles. The monoisotopic (exact) mass is 339 g/mol. The number of furan rings is 1. The summed E-state index contributed by atoms with van der Waals surface area (Å²) in [4.78, 5) is 23.1. The van der Waals surface area contributed by atoms with Gasteiger partial charge in [-0.1, -0.05) is 29.3 Å². The van der Waals surface area contributed by atoms with Crippen LogP contribution in [-0.2, 0) is 4.79 Å². The van der Waals surface area contributed by atoms with Gasteiger partial charge in [-0.2, -0.15) is 5.10 Å². The van der Waals surface area contributed by atoms with E-state index in [4.69, 9.17) is 27.6 Å². The van der Waals surface area contributed by atoms with Gasteiger partial charge in [0.15, 0.2) is 5.76 Å². The van der Waals surface area contributed by atoms with Gasteiger partial charge in [0.25, 0.3) is 11.8 Å². The second-order valence-corrected chi connectivity index (χ2v) is 4.96.